The maximum absolute atomic E-state index is 12.7. The van der Waals surface area contributed by atoms with E-state index in [1.165, 1.54) is 6.07 Å². The standard InChI is InChI=1S/C14H13BrCl2N2O2/c15-7-1-4-12-9(5-7)13(20)19(14(21)18-12)8-2-3-10(16)11(17)6-8/h2-3,6-7,9,12H,1,4-5H2,(H,18,21). The van der Waals surface area contributed by atoms with Crippen molar-refractivity contribution in [2.75, 3.05) is 4.90 Å². The van der Waals surface area contributed by atoms with Crippen LogP contribution in [0.25, 0.3) is 0 Å². The molecule has 1 aromatic rings. The first-order valence-corrected chi connectivity index (χ1v) is 8.38. The molecule has 2 aliphatic rings. The Bertz CT molecular complexity index is 611. The second-order valence-corrected chi connectivity index (χ2v) is 7.45. The summed E-state index contributed by atoms with van der Waals surface area (Å²) in [6.07, 6.45) is 2.50. The molecule has 0 bridgehead atoms. The van der Waals surface area contributed by atoms with E-state index in [0.29, 0.717) is 20.6 Å². The number of carbonyl (C=O) groups is 2. The number of imide groups is 1. The van der Waals surface area contributed by atoms with Crippen LogP contribution in [0.2, 0.25) is 10.0 Å². The maximum Gasteiger partial charge on any atom is 0.328 e. The average Bonchev–Trinajstić information content (AvgIpc) is 2.44. The molecule has 1 heterocycles. The molecular formula is C14H13BrCl2N2O2. The molecule has 3 amide bonds. The van der Waals surface area contributed by atoms with Crippen molar-refractivity contribution < 1.29 is 9.59 Å². The van der Waals surface area contributed by atoms with Crippen LogP contribution < -0.4 is 10.2 Å². The number of rotatable bonds is 1. The molecule has 3 unspecified atom stereocenters. The van der Waals surface area contributed by atoms with Crippen molar-refractivity contribution in [1.82, 2.24) is 5.32 Å². The van der Waals surface area contributed by atoms with E-state index in [1.807, 2.05) is 0 Å². The Morgan fingerprint density at radius 2 is 1.95 bits per heavy atom. The maximum atomic E-state index is 12.7. The van der Waals surface area contributed by atoms with Gasteiger partial charge in [0.05, 0.1) is 21.7 Å². The smallest absolute Gasteiger partial charge is 0.328 e. The van der Waals surface area contributed by atoms with Crippen LogP contribution in [0.1, 0.15) is 19.3 Å². The lowest BCUT2D eigenvalue weighted by Crippen LogP contribution is -2.61. The minimum atomic E-state index is -0.396. The highest BCUT2D eigenvalue weighted by Crippen LogP contribution is 2.36. The van der Waals surface area contributed by atoms with Gasteiger partial charge in [-0.2, -0.15) is 0 Å². The number of fused-ring (bicyclic) bond motifs is 1. The second kappa shape index (κ2) is 5.78. The van der Waals surface area contributed by atoms with Gasteiger partial charge in [0, 0.05) is 10.9 Å². The number of benzene rings is 1. The average molecular weight is 392 g/mol. The summed E-state index contributed by atoms with van der Waals surface area (Å²) in [7, 11) is 0. The summed E-state index contributed by atoms with van der Waals surface area (Å²) in [5.41, 5.74) is 0.446. The molecule has 0 aromatic heterocycles. The number of urea groups is 1. The Morgan fingerprint density at radius 3 is 2.67 bits per heavy atom. The van der Waals surface area contributed by atoms with Crippen molar-refractivity contribution in [3.63, 3.8) is 0 Å². The van der Waals surface area contributed by atoms with Crippen LogP contribution in [0.5, 0.6) is 0 Å². The normalized spacial score (nSPS) is 29.1. The molecule has 1 saturated heterocycles. The monoisotopic (exact) mass is 390 g/mol. The van der Waals surface area contributed by atoms with Gasteiger partial charge < -0.3 is 5.32 Å². The third-order valence-corrected chi connectivity index (χ3v) is 5.57. The largest absolute Gasteiger partial charge is 0.334 e. The molecule has 1 N–H and O–H groups in total. The van der Waals surface area contributed by atoms with Crippen LogP contribution in [0.4, 0.5) is 10.5 Å². The molecule has 1 aromatic carbocycles. The van der Waals surface area contributed by atoms with Crippen molar-refractivity contribution in [2.24, 2.45) is 5.92 Å². The van der Waals surface area contributed by atoms with Gasteiger partial charge in [-0.05, 0) is 37.5 Å². The van der Waals surface area contributed by atoms with E-state index in [2.05, 4.69) is 21.2 Å². The van der Waals surface area contributed by atoms with Crippen molar-refractivity contribution in [3.8, 4) is 0 Å². The third-order valence-electron chi connectivity index (χ3n) is 4.00. The summed E-state index contributed by atoms with van der Waals surface area (Å²) in [6.45, 7) is 0. The van der Waals surface area contributed by atoms with Crippen molar-refractivity contribution >= 4 is 56.8 Å². The molecule has 1 aliphatic heterocycles. The molecular weight excluding hydrogens is 379 g/mol. The van der Waals surface area contributed by atoms with Gasteiger partial charge in [-0.15, -0.1) is 0 Å². The molecule has 3 rings (SSSR count). The molecule has 2 fully saturated rings. The third kappa shape index (κ3) is 2.79. The van der Waals surface area contributed by atoms with Gasteiger partial charge in [-0.1, -0.05) is 39.1 Å². The lowest BCUT2D eigenvalue weighted by Gasteiger charge is -2.41. The molecule has 0 radical (unpaired) electrons. The van der Waals surface area contributed by atoms with E-state index >= 15 is 0 Å². The zero-order chi connectivity index (χ0) is 15.1. The van der Waals surface area contributed by atoms with Crippen molar-refractivity contribution in [1.29, 1.82) is 0 Å². The molecule has 0 spiro atoms. The number of nitrogens with zero attached hydrogens (tertiary/aromatic N) is 1. The number of amides is 3. The van der Waals surface area contributed by atoms with Gasteiger partial charge in [0.2, 0.25) is 5.91 Å². The van der Waals surface area contributed by atoms with E-state index in [0.717, 1.165) is 24.2 Å². The number of halogens is 3. The summed E-state index contributed by atoms with van der Waals surface area (Å²) in [6, 6.07) is 4.28. The van der Waals surface area contributed by atoms with Gasteiger partial charge >= 0.3 is 6.03 Å². The quantitative estimate of drug-likeness (QED) is 0.736. The van der Waals surface area contributed by atoms with Gasteiger partial charge in [-0.25, -0.2) is 9.69 Å². The number of anilines is 1. The highest BCUT2D eigenvalue weighted by Gasteiger charge is 2.44. The van der Waals surface area contributed by atoms with E-state index in [4.69, 9.17) is 23.2 Å². The van der Waals surface area contributed by atoms with Gasteiger partial charge in [0.15, 0.2) is 0 Å². The number of alkyl halides is 1. The van der Waals surface area contributed by atoms with Gasteiger partial charge in [0.1, 0.15) is 0 Å². The van der Waals surface area contributed by atoms with Crippen LogP contribution in [0.3, 0.4) is 0 Å². The second-order valence-electron chi connectivity index (χ2n) is 5.34. The summed E-state index contributed by atoms with van der Waals surface area (Å²) in [5.74, 6) is -0.374. The predicted molar refractivity (Wildman–Crippen MR) is 86.3 cm³/mol. The number of hydrogen-bond donors (Lipinski definition) is 1. The fourth-order valence-electron chi connectivity index (χ4n) is 2.92. The molecule has 4 nitrogen and oxygen atoms in total. The number of carbonyl (C=O) groups excluding carboxylic acids is 2. The van der Waals surface area contributed by atoms with Crippen LogP contribution >= 0.6 is 39.1 Å². The summed E-state index contributed by atoms with van der Waals surface area (Å²) in [4.78, 5) is 26.4. The topological polar surface area (TPSA) is 49.4 Å². The lowest BCUT2D eigenvalue weighted by molar-refractivity contribution is -0.124. The van der Waals surface area contributed by atoms with Crippen molar-refractivity contribution in [2.45, 2.75) is 30.1 Å². The zero-order valence-electron chi connectivity index (χ0n) is 11.0. The molecule has 112 valence electrons. The Kier molecular flexibility index (Phi) is 4.17. The Hall–Kier alpha value is -0.780. The van der Waals surface area contributed by atoms with E-state index < -0.39 is 6.03 Å². The SMILES string of the molecule is O=C1NC2CCC(Br)CC2C(=O)N1c1ccc(Cl)c(Cl)c1. The van der Waals surface area contributed by atoms with Gasteiger partial charge in [-0.3, -0.25) is 4.79 Å². The molecule has 1 saturated carbocycles. The fourth-order valence-corrected chi connectivity index (χ4v) is 3.88. The van der Waals surface area contributed by atoms with Crippen LogP contribution in [0.15, 0.2) is 18.2 Å². The number of nitrogens with one attached hydrogen (secondary N) is 1. The highest BCUT2D eigenvalue weighted by atomic mass is 79.9. The van der Waals surface area contributed by atoms with Crippen LogP contribution in [-0.2, 0) is 4.79 Å². The van der Waals surface area contributed by atoms with Gasteiger partial charge in [0.25, 0.3) is 0 Å². The molecule has 7 heteroatoms. The van der Waals surface area contributed by atoms with Crippen molar-refractivity contribution in [3.05, 3.63) is 28.2 Å². The molecule has 21 heavy (non-hydrogen) atoms. The highest BCUT2D eigenvalue weighted by molar-refractivity contribution is 9.09. The lowest BCUT2D eigenvalue weighted by atomic mass is 9.82. The fraction of sp³-hybridized carbons (Fsp3) is 0.429. The first-order valence-electron chi connectivity index (χ1n) is 6.71. The summed E-state index contributed by atoms with van der Waals surface area (Å²) in [5, 5.41) is 3.63. The minimum absolute atomic E-state index is 0.0715. The van der Waals surface area contributed by atoms with E-state index in [-0.39, 0.29) is 17.9 Å². The summed E-state index contributed by atoms with van der Waals surface area (Å²) < 4.78 is 0. The van der Waals surface area contributed by atoms with E-state index in [9.17, 15) is 9.59 Å². The Morgan fingerprint density at radius 1 is 1.19 bits per heavy atom. The Labute approximate surface area is 140 Å². The molecule has 3 atom stereocenters. The number of hydrogen-bond acceptors (Lipinski definition) is 2. The zero-order valence-corrected chi connectivity index (χ0v) is 14.1. The minimum Gasteiger partial charge on any atom is -0.334 e. The van der Waals surface area contributed by atoms with Crippen LogP contribution in [0, 0.1) is 5.92 Å². The first kappa shape index (κ1) is 15.1. The molecule has 1 aliphatic carbocycles. The Balaban J connectivity index is 1.92. The first-order chi connectivity index (χ1) is 9.97. The predicted octanol–water partition coefficient (Wildman–Crippen LogP) is 3.98. The summed E-state index contributed by atoms with van der Waals surface area (Å²) >= 11 is 15.4. The van der Waals surface area contributed by atoms with Crippen LogP contribution in [-0.4, -0.2) is 22.8 Å². The van der Waals surface area contributed by atoms with E-state index in [1.54, 1.807) is 12.1 Å².